The lowest BCUT2D eigenvalue weighted by Gasteiger charge is -2.33. The fraction of sp³-hybridized carbons (Fsp3) is 0.571. The number of hydrogen-bond acceptors (Lipinski definition) is 3. The lowest BCUT2D eigenvalue weighted by atomic mass is 9.95. The summed E-state index contributed by atoms with van der Waals surface area (Å²) in [6.07, 6.45) is 7.46. The van der Waals surface area contributed by atoms with Crippen molar-refractivity contribution < 1.29 is 19.5 Å². The van der Waals surface area contributed by atoms with Crippen molar-refractivity contribution in [3.05, 3.63) is 48.0 Å². The van der Waals surface area contributed by atoms with Gasteiger partial charge in [0.05, 0.1) is 32.8 Å². The van der Waals surface area contributed by atoms with Gasteiger partial charge in [-0.25, -0.2) is 0 Å². The molecule has 3 rings (SSSR count). The van der Waals surface area contributed by atoms with Gasteiger partial charge in [-0.3, -0.25) is 4.79 Å². The molecule has 1 fully saturated rings. The number of aliphatic hydroxyl groups is 1. The highest BCUT2D eigenvalue weighted by atomic mass is 16.5. The molecule has 1 saturated heterocycles. The molecule has 5 nitrogen and oxygen atoms in total. The van der Waals surface area contributed by atoms with Crippen LogP contribution >= 0.6 is 0 Å². The van der Waals surface area contributed by atoms with E-state index in [4.69, 9.17) is 4.74 Å². The molecule has 0 aromatic heterocycles. The SMILES string of the molecule is O=C(c1ccccc1)N1CC[NH+](C[C@H](O)COC[C@@H]2CC=CCC2)CC1. The molecule has 1 heterocycles. The van der Waals surface area contributed by atoms with Crippen LogP contribution in [-0.2, 0) is 4.74 Å². The minimum atomic E-state index is -0.430. The Balaban J connectivity index is 1.33. The number of amides is 1. The Bertz CT molecular complexity index is 582. The zero-order valence-corrected chi connectivity index (χ0v) is 15.5. The van der Waals surface area contributed by atoms with E-state index in [9.17, 15) is 9.90 Å². The summed E-state index contributed by atoms with van der Waals surface area (Å²) in [5.74, 6) is 0.710. The van der Waals surface area contributed by atoms with Gasteiger partial charge in [-0.2, -0.15) is 0 Å². The fourth-order valence-corrected chi connectivity index (χ4v) is 3.76. The second-order valence-corrected chi connectivity index (χ2v) is 7.45. The quantitative estimate of drug-likeness (QED) is 0.707. The van der Waals surface area contributed by atoms with Crippen LogP contribution in [0, 0.1) is 5.92 Å². The number of allylic oxidation sites excluding steroid dienone is 2. The number of aliphatic hydroxyl groups excluding tert-OH is 1. The molecule has 1 aromatic rings. The number of piperazine rings is 1. The first kappa shape index (κ1) is 19.1. The van der Waals surface area contributed by atoms with Crippen LogP contribution in [0.1, 0.15) is 29.6 Å². The Kier molecular flexibility index (Phi) is 7.23. The highest BCUT2D eigenvalue weighted by molar-refractivity contribution is 5.94. The van der Waals surface area contributed by atoms with Gasteiger partial charge in [0, 0.05) is 12.2 Å². The van der Waals surface area contributed by atoms with E-state index in [0.717, 1.165) is 51.2 Å². The number of quaternary nitrogens is 1. The largest absolute Gasteiger partial charge is 0.385 e. The molecule has 0 bridgehead atoms. The molecule has 26 heavy (non-hydrogen) atoms. The van der Waals surface area contributed by atoms with Crippen LogP contribution in [0.4, 0.5) is 0 Å². The summed E-state index contributed by atoms with van der Waals surface area (Å²) in [5, 5.41) is 10.2. The van der Waals surface area contributed by atoms with E-state index in [1.807, 2.05) is 35.2 Å². The molecule has 1 amide bonds. The van der Waals surface area contributed by atoms with Gasteiger partial charge in [-0.05, 0) is 37.3 Å². The molecule has 2 atom stereocenters. The molecule has 142 valence electrons. The maximum absolute atomic E-state index is 12.5. The van der Waals surface area contributed by atoms with Crippen molar-refractivity contribution in [2.45, 2.75) is 25.4 Å². The van der Waals surface area contributed by atoms with Crippen molar-refractivity contribution in [2.24, 2.45) is 5.92 Å². The topological polar surface area (TPSA) is 54.2 Å². The standard InChI is InChI=1S/C21H30N2O3/c24-20(17-26-16-18-7-3-1-4-8-18)15-22-11-13-23(14-12-22)21(25)19-9-5-2-6-10-19/h1-3,5-6,9-10,18,20,24H,4,7-8,11-17H2/p+1/t18-,20+/m1/s1. The zero-order chi connectivity index (χ0) is 18.2. The summed E-state index contributed by atoms with van der Waals surface area (Å²) in [5.41, 5.74) is 0.752. The average Bonchev–Trinajstić information content (AvgIpc) is 2.69. The second kappa shape index (κ2) is 9.86. The van der Waals surface area contributed by atoms with Crippen LogP contribution in [0.2, 0.25) is 0 Å². The van der Waals surface area contributed by atoms with Gasteiger partial charge in [-0.15, -0.1) is 0 Å². The third kappa shape index (κ3) is 5.66. The number of rotatable bonds is 7. The van der Waals surface area contributed by atoms with Crippen molar-refractivity contribution in [2.75, 3.05) is 45.9 Å². The Labute approximate surface area is 156 Å². The third-order valence-electron chi connectivity index (χ3n) is 5.34. The average molecular weight is 359 g/mol. The fourth-order valence-electron chi connectivity index (χ4n) is 3.76. The predicted molar refractivity (Wildman–Crippen MR) is 101 cm³/mol. The maximum atomic E-state index is 12.5. The highest BCUT2D eigenvalue weighted by Crippen LogP contribution is 2.18. The molecule has 0 spiro atoms. The first-order chi connectivity index (χ1) is 12.7. The number of nitrogens with zero attached hydrogens (tertiary/aromatic N) is 1. The normalized spacial score (nSPS) is 22.3. The number of hydrogen-bond donors (Lipinski definition) is 2. The molecule has 2 aliphatic rings. The molecule has 2 N–H and O–H groups in total. The number of carbonyl (C=O) groups excluding carboxylic acids is 1. The van der Waals surface area contributed by atoms with Crippen molar-refractivity contribution in [3.8, 4) is 0 Å². The smallest absolute Gasteiger partial charge is 0.254 e. The van der Waals surface area contributed by atoms with Gasteiger partial charge >= 0.3 is 0 Å². The van der Waals surface area contributed by atoms with Crippen LogP contribution in [0.15, 0.2) is 42.5 Å². The van der Waals surface area contributed by atoms with Crippen LogP contribution in [-0.4, -0.2) is 68.0 Å². The van der Waals surface area contributed by atoms with E-state index < -0.39 is 6.10 Å². The van der Waals surface area contributed by atoms with Crippen molar-refractivity contribution in [1.29, 1.82) is 0 Å². The van der Waals surface area contributed by atoms with Crippen LogP contribution in [0.5, 0.6) is 0 Å². The van der Waals surface area contributed by atoms with Crippen LogP contribution in [0.3, 0.4) is 0 Å². The van der Waals surface area contributed by atoms with Gasteiger partial charge in [-0.1, -0.05) is 30.4 Å². The minimum Gasteiger partial charge on any atom is -0.385 e. The molecule has 0 saturated carbocycles. The van der Waals surface area contributed by atoms with Gasteiger partial charge < -0.3 is 19.6 Å². The predicted octanol–water partition coefficient (Wildman–Crippen LogP) is 0.761. The maximum Gasteiger partial charge on any atom is 0.254 e. The summed E-state index contributed by atoms with van der Waals surface area (Å²) in [6.45, 7) is 5.09. The second-order valence-electron chi connectivity index (χ2n) is 7.45. The molecular formula is C21H31N2O3+. The Hall–Kier alpha value is -1.69. The lowest BCUT2D eigenvalue weighted by molar-refractivity contribution is -0.907. The van der Waals surface area contributed by atoms with E-state index >= 15 is 0 Å². The van der Waals surface area contributed by atoms with Gasteiger partial charge in [0.2, 0.25) is 0 Å². The van der Waals surface area contributed by atoms with E-state index in [1.165, 1.54) is 11.3 Å². The Morgan fingerprint density at radius 1 is 1.23 bits per heavy atom. The van der Waals surface area contributed by atoms with Crippen LogP contribution in [0.25, 0.3) is 0 Å². The van der Waals surface area contributed by atoms with E-state index in [1.54, 1.807) is 0 Å². The summed E-state index contributed by atoms with van der Waals surface area (Å²) in [4.78, 5) is 15.7. The first-order valence-electron chi connectivity index (χ1n) is 9.81. The third-order valence-corrected chi connectivity index (χ3v) is 5.34. The molecule has 1 aliphatic heterocycles. The number of benzene rings is 1. The lowest BCUT2D eigenvalue weighted by Crippen LogP contribution is -3.15. The highest BCUT2D eigenvalue weighted by Gasteiger charge is 2.26. The first-order valence-corrected chi connectivity index (χ1v) is 9.81. The summed E-state index contributed by atoms with van der Waals surface area (Å²) in [6, 6.07) is 9.45. The van der Waals surface area contributed by atoms with Gasteiger partial charge in [0.1, 0.15) is 12.6 Å². The van der Waals surface area contributed by atoms with Crippen LogP contribution < -0.4 is 4.90 Å². The molecule has 1 aromatic carbocycles. The summed E-state index contributed by atoms with van der Waals surface area (Å²) >= 11 is 0. The molecule has 1 aliphatic carbocycles. The van der Waals surface area contributed by atoms with Gasteiger partial charge in [0.25, 0.3) is 5.91 Å². The Morgan fingerprint density at radius 2 is 2.00 bits per heavy atom. The van der Waals surface area contributed by atoms with E-state index in [-0.39, 0.29) is 5.91 Å². The van der Waals surface area contributed by atoms with Crippen molar-refractivity contribution in [3.63, 3.8) is 0 Å². The van der Waals surface area contributed by atoms with E-state index in [0.29, 0.717) is 19.1 Å². The summed E-state index contributed by atoms with van der Waals surface area (Å²) < 4.78 is 5.73. The molecule has 0 unspecified atom stereocenters. The number of ether oxygens (including phenoxy) is 1. The molecule has 5 heteroatoms. The molecular weight excluding hydrogens is 328 g/mol. The number of carbonyl (C=O) groups is 1. The minimum absolute atomic E-state index is 0.107. The van der Waals surface area contributed by atoms with Gasteiger partial charge in [0.15, 0.2) is 0 Å². The van der Waals surface area contributed by atoms with E-state index in [2.05, 4.69) is 12.2 Å². The molecule has 0 radical (unpaired) electrons. The number of nitrogens with one attached hydrogen (secondary N) is 1. The summed E-state index contributed by atoms with van der Waals surface area (Å²) in [7, 11) is 0. The van der Waals surface area contributed by atoms with Crippen molar-refractivity contribution >= 4 is 5.91 Å². The van der Waals surface area contributed by atoms with Crippen molar-refractivity contribution in [1.82, 2.24) is 4.90 Å². The Morgan fingerprint density at radius 3 is 2.69 bits per heavy atom. The zero-order valence-electron chi connectivity index (χ0n) is 15.5. The monoisotopic (exact) mass is 359 g/mol.